The zero-order chi connectivity index (χ0) is 19.4. The molecule has 1 N–H and O–H groups in total. The second-order valence-electron chi connectivity index (χ2n) is 5.77. The van der Waals surface area contributed by atoms with Crippen LogP contribution in [0, 0.1) is 5.82 Å². The van der Waals surface area contributed by atoms with Gasteiger partial charge in [-0.1, -0.05) is 12.1 Å². The minimum atomic E-state index is -0.596. The van der Waals surface area contributed by atoms with Crippen molar-refractivity contribution in [3.05, 3.63) is 48.0 Å². The largest absolute Gasteiger partial charge is 0.493 e. The van der Waals surface area contributed by atoms with Gasteiger partial charge in [0.25, 0.3) is 0 Å². The first kappa shape index (κ1) is 19.0. The Labute approximate surface area is 160 Å². The van der Waals surface area contributed by atoms with Crippen molar-refractivity contribution in [2.24, 2.45) is 0 Å². The highest BCUT2D eigenvalue weighted by atomic mass is 32.2. The summed E-state index contributed by atoms with van der Waals surface area (Å²) < 4.78 is 26.3. The molecule has 1 amide bonds. The summed E-state index contributed by atoms with van der Waals surface area (Å²) in [5.74, 6) is 1.12. The molecule has 3 rings (SSSR count). The van der Waals surface area contributed by atoms with Gasteiger partial charge < -0.3 is 19.4 Å². The summed E-state index contributed by atoms with van der Waals surface area (Å²) >= 11 is 1.62. The molecule has 1 aromatic heterocycles. The molecular formula is C19H20FN3O3S. The lowest BCUT2D eigenvalue weighted by Crippen LogP contribution is -2.20. The molecule has 0 fully saturated rings. The highest BCUT2D eigenvalue weighted by Gasteiger charge is 2.16. The number of thioether (sulfide) groups is 1. The Morgan fingerprint density at radius 2 is 1.93 bits per heavy atom. The third kappa shape index (κ3) is 4.00. The van der Waals surface area contributed by atoms with Gasteiger partial charge in [-0.05, 0) is 18.4 Å². The van der Waals surface area contributed by atoms with Crippen LogP contribution in [0.4, 0.5) is 10.1 Å². The van der Waals surface area contributed by atoms with Crippen LogP contribution < -0.4 is 14.8 Å². The Kier molecular flexibility index (Phi) is 5.85. The number of halogens is 1. The molecule has 27 heavy (non-hydrogen) atoms. The van der Waals surface area contributed by atoms with Gasteiger partial charge in [0.2, 0.25) is 5.91 Å². The first-order valence-electron chi connectivity index (χ1n) is 8.21. The second-order valence-corrected chi connectivity index (χ2v) is 6.64. The number of rotatable bonds is 7. The minimum Gasteiger partial charge on any atom is -0.493 e. The van der Waals surface area contributed by atoms with E-state index in [1.807, 2.05) is 35.1 Å². The molecule has 142 valence electrons. The van der Waals surface area contributed by atoms with Crippen molar-refractivity contribution >= 4 is 34.4 Å². The first-order valence-corrected chi connectivity index (χ1v) is 9.61. The number of methoxy groups -OCH3 is 2. The van der Waals surface area contributed by atoms with Crippen LogP contribution in [0.25, 0.3) is 11.0 Å². The number of ether oxygens (including phenoxy) is 2. The van der Waals surface area contributed by atoms with E-state index >= 15 is 0 Å². The molecule has 0 saturated heterocycles. The molecule has 8 heteroatoms. The van der Waals surface area contributed by atoms with Crippen molar-refractivity contribution in [1.82, 2.24) is 9.55 Å². The molecule has 0 spiro atoms. The lowest BCUT2D eigenvalue weighted by molar-refractivity contribution is -0.116. The summed E-state index contributed by atoms with van der Waals surface area (Å²) in [4.78, 5) is 17.2. The van der Waals surface area contributed by atoms with Crippen molar-refractivity contribution < 1.29 is 18.7 Å². The number of nitrogens with zero attached hydrogens (tertiary/aromatic N) is 2. The standard InChI is InChI=1S/C19H20FN3O3S/c1-25-16-8-12(20)14(9-17(16)26-2)22-19(24)10-23-15-7-5-4-6-13(15)21-18(23)11-27-3/h4-9H,10-11H2,1-3H3,(H,22,24). The van der Waals surface area contributed by atoms with E-state index < -0.39 is 5.82 Å². The van der Waals surface area contributed by atoms with Gasteiger partial charge in [-0.15, -0.1) is 0 Å². The fourth-order valence-electron chi connectivity index (χ4n) is 2.82. The molecule has 0 atom stereocenters. The summed E-state index contributed by atoms with van der Waals surface area (Å²) in [6, 6.07) is 10.2. The zero-order valence-electron chi connectivity index (χ0n) is 15.3. The Hall–Kier alpha value is -2.74. The number of aromatic nitrogens is 2. The maximum Gasteiger partial charge on any atom is 0.244 e. The number of para-hydroxylation sites is 2. The third-order valence-electron chi connectivity index (χ3n) is 4.06. The number of anilines is 1. The van der Waals surface area contributed by atoms with Crippen LogP contribution >= 0.6 is 11.8 Å². The van der Waals surface area contributed by atoms with Crippen LogP contribution in [0.3, 0.4) is 0 Å². The smallest absolute Gasteiger partial charge is 0.244 e. The van der Waals surface area contributed by atoms with Gasteiger partial charge >= 0.3 is 0 Å². The predicted molar refractivity (Wildman–Crippen MR) is 105 cm³/mol. The number of carbonyl (C=O) groups is 1. The van der Waals surface area contributed by atoms with Gasteiger partial charge in [-0.2, -0.15) is 11.8 Å². The highest BCUT2D eigenvalue weighted by Crippen LogP contribution is 2.32. The SMILES string of the molecule is COc1cc(F)c(NC(=O)Cn2c(CSC)nc3ccccc32)cc1OC. The van der Waals surface area contributed by atoms with Crippen molar-refractivity contribution in [3.63, 3.8) is 0 Å². The van der Waals surface area contributed by atoms with Gasteiger partial charge in [0.05, 0.1) is 36.7 Å². The van der Waals surface area contributed by atoms with E-state index in [9.17, 15) is 9.18 Å². The van der Waals surface area contributed by atoms with Crippen molar-refractivity contribution in [3.8, 4) is 11.5 Å². The minimum absolute atomic E-state index is 0.0319. The molecule has 1 heterocycles. The van der Waals surface area contributed by atoms with Crippen molar-refractivity contribution in [2.45, 2.75) is 12.3 Å². The Balaban J connectivity index is 1.86. The van der Waals surface area contributed by atoms with Gasteiger partial charge in [0.1, 0.15) is 12.4 Å². The molecular weight excluding hydrogens is 369 g/mol. The van der Waals surface area contributed by atoms with Crippen molar-refractivity contribution in [1.29, 1.82) is 0 Å². The van der Waals surface area contributed by atoms with Gasteiger partial charge in [-0.25, -0.2) is 9.37 Å². The average Bonchev–Trinajstić information content (AvgIpc) is 3.00. The van der Waals surface area contributed by atoms with E-state index in [-0.39, 0.29) is 23.9 Å². The van der Waals surface area contributed by atoms with Crippen LogP contribution in [0.15, 0.2) is 36.4 Å². The Bertz CT molecular complexity index is 974. The zero-order valence-corrected chi connectivity index (χ0v) is 16.1. The summed E-state index contributed by atoms with van der Waals surface area (Å²) in [6.45, 7) is 0.0319. The number of carbonyl (C=O) groups excluding carboxylic acids is 1. The van der Waals surface area contributed by atoms with E-state index in [0.717, 1.165) is 16.9 Å². The predicted octanol–water partition coefficient (Wildman–Crippen LogP) is 3.69. The van der Waals surface area contributed by atoms with Crippen LogP contribution in [-0.4, -0.2) is 35.9 Å². The van der Waals surface area contributed by atoms with Gasteiger partial charge in [-0.3, -0.25) is 4.79 Å². The maximum atomic E-state index is 14.3. The van der Waals surface area contributed by atoms with Gasteiger partial charge in [0, 0.05) is 12.1 Å². The van der Waals surface area contributed by atoms with E-state index in [2.05, 4.69) is 10.3 Å². The summed E-state index contributed by atoms with van der Waals surface area (Å²) in [7, 11) is 2.88. The highest BCUT2D eigenvalue weighted by molar-refractivity contribution is 7.97. The van der Waals surface area contributed by atoms with Crippen molar-refractivity contribution in [2.75, 3.05) is 25.8 Å². The number of hydrogen-bond acceptors (Lipinski definition) is 5. The number of nitrogens with one attached hydrogen (secondary N) is 1. The molecule has 0 aliphatic heterocycles. The molecule has 2 aromatic carbocycles. The number of fused-ring (bicyclic) bond motifs is 1. The molecule has 0 aliphatic rings. The van der Waals surface area contributed by atoms with Crippen LogP contribution in [0.1, 0.15) is 5.82 Å². The molecule has 0 saturated carbocycles. The molecule has 0 radical (unpaired) electrons. The molecule has 3 aromatic rings. The number of amides is 1. The van der Waals surface area contributed by atoms with E-state index in [4.69, 9.17) is 9.47 Å². The summed E-state index contributed by atoms with van der Waals surface area (Å²) in [6.07, 6.45) is 1.97. The third-order valence-corrected chi connectivity index (χ3v) is 4.60. The van der Waals surface area contributed by atoms with E-state index in [1.54, 1.807) is 11.8 Å². The molecule has 0 aliphatic carbocycles. The lowest BCUT2D eigenvalue weighted by atomic mass is 10.2. The number of imidazole rings is 1. The van der Waals surface area contributed by atoms with Crippen LogP contribution in [0.5, 0.6) is 11.5 Å². The lowest BCUT2D eigenvalue weighted by Gasteiger charge is -2.13. The molecule has 0 unspecified atom stereocenters. The topological polar surface area (TPSA) is 65.4 Å². The Morgan fingerprint density at radius 1 is 1.22 bits per heavy atom. The second kappa shape index (κ2) is 8.30. The fraction of sp³-hybridized carbons (Fsp3) is 0.263. The normalized spacial score (nSPS) is 10.8. The first-order chi connectivity index (χ1) is 13.1. The number of benzene rings is 2. The molecule has 6 nitrogen and oxygen atoms in total. The quantitative estimate of drug-likeness (QED) is 0.668. The maximum absolute atomic E-state index is 14.3. The van der Waals surface area contributed by atoms with Crippen LogP contribution in [-0.2, 0) is 17.1 Å². The van der Waals surface area contributed by atoms with Crippen LogP contribution in [0.2, 0.25) is 0 Å². The van der Waals surface area contributed by atoms with E-state index in [0.29, 0.717) is 11.5 Å². The summed E-state index contributed by atoms with van der Waals surface area (Å²) in [5, 5.41) is 2.60. The van der Waals surface area contributed by atoms with Gasteiger partial charge in [0.15, 0.2) is 17.3 Å². The Morgan fingerprint density at radius 3 is 2.63 bits per heavy atom. The average molecular weight is 389 g/mol. The van der Waals surface area contributed by atoms with E-state index in [1.165, 1.54) is 26.4 Å². The monoisotopic (exact) mass is 389 g/mol. The molecule has 0 bridgehead atoms. The number of hydrogen-bond donors (Lipinski definition) is 1. The fourth-order valence-corrected chi connectivity index (χ4v) is 3.30. The summed E-state index contributed by atoms with van der Waals surface area (Å²) in [5.41, 5.74) is 1.73.